The Labute approximate surface area is 167 Å². The standard InChI is InChI=1S/C23H29ClO3/c1-7-18(14-12-16(2)11-13-17(3)25)22-19(24)9-8-10-20(22)27-21(26)15-23(4,5)6/h7-10,12,14H,1,11,13,15H2,2-6H3/b16-12-,18-14+. The smallest absolute Gasteiger partial charge is 0.311 e. The lowest BCUT2D eigenvalue weighted by Gasteiger charge is -2.18. The van der Waals surface area contributed by atoms with Crippen molar-refractivity contribution in [2.24, 2.45) is 5.41 Å². The van der Waals surface area contributed by atoms with Crippen molar-refractivity contribution in [3.05, 3.63) is 59.2 Å². The largest absolute Gasteiger partial charge is 0.426 e. The third kappa shape index (κ3) is 8.40. The molecule has 3 nitrogen and oxygen atoms in total. The Morgan fingerprint density at radius 3 is 2.37 bits per heavy atom. The van der Waals surface area contributed by atoms with Gasteiger partial charge in [-0.25, -0.2) is 0 Å². The molecule has 0 atom stereocenters. The molecule has 0 saturated heterocycles. The molecule has 0 amide bonds. The van der Waals surface area contributed by atoms with Crippen LogP contribution in [0.3, 0.4) is 0 Å². The Morgan fingerprint density at radius 2 is 1.81 bits per heavy atom. The zero-order chi connectivity index (χ0) is 20.6. The maximum Gasteiger partial charge on any atom is 0.311 e. The van der Waals surface area contributed by atoms with E-state index in [9.17, 15) is 9.59 Å². The molecule has 0 aliphatic heterocycles. The molecule has 0 aliphatic carbocycles. The zero-order valence-corrected chi connectivity index (χ0v) is 17.7. The first-order valence-electron chi connectivity index (χ1n) is 9.02. The van der Waals surface area contributed by atoms with Gasteiger partial charge in [-0.05, 0) is 43.4 Å². The molecule has 0 saturated carbocycles. The van der Waals surface area contributed by atoms with Crippen molar-refractivity contribution in [1.29, 1.82) is 0 Å². The van der Waals surface area contributed by atoms with Crippen molar-refractivity contribution >= 4 is 28.9 Å². The molecule has 1 rings (SSSR count). The van der Waals surface area contributed by atoms with E-state index in [1.54, 1.807) is 31.2 Å². The second kappa shape index (κ2) is 10.3. The number of rotatable bonds is 8. The number of benzene rings is 1. The van der Waals surface area contributed by atoms with E-state index in [4.69, 9.17) is 16.3 Å². The Bertz CT molecular complexity index is 764. The van der Waals surface area contributed by atoms with Gasteiger partial charge >= 0.3 is 5.97 Å². The molecule has 146 valence electrons. The van der Waals surface area contributed by atoms with Gasteiger partial charge in [-0.3, -0.25) is 4.79 Å². The summed E-state index contributed by atoms with van der Waals surface area (Å²) in [5.74, 6) is 0.273. The van der Waals surface area contributed by atoms with E-state index in [1.165, 1.54) is 0 Å². The third-order valence-electron chi connectivity index (χ3n) is 3.80. The van der Waals surface area contributed by atoms with E-state index < -0.39 is 0 Å². The first-order chi connectivity index (χ1) is 12.5. The van der Waals surface area contributed by atoms with Gasteiger partial charge in [-0.15, -0.1) is 0 Å². The van der Waals surface area contributed by atoms with Crippen molar-refractivity contribution in [3.63, 3.8) is 0 Å². The highest BCUT2D eigenvalue weighted by Crippen LogP contribution is 2.34. The summed E-state index contributed by atoms with van der Waals surface area (Å²) in [4.78, 5) is 23.4. The molecule has 1 aromatic rings. The SMILES string of the molecule is C=C/C(=C\C=C(\C)CCC(C)=O)c1c(Cl)cccc1OC(=O)CC(C)(C)C. The van der Waals surface area contributed by atoms with Crippen LogP contribution < -0.4 is 4.74 Å². The van der Waals surface area contributed by atoms with E-state index in [0.29, 0.717) is 35.6 Å². The van der Waals surface area contributed by atoms with Crippen LogP contribution in [0.25, 0.3) is 5.57 Å². The molecule has 1 aromatic carbocycles. The fourth-order valence-corrected chi connectivity index (χ4v) is 2.68. The molecule has 0 unspecified atom stereocenters. The fourth-order valence-electron chi connectivity index (χ4n) is 2.40. The number of hydrogen-bond donors (Lipinski definition) is 0. The molecule has 0 radical (unpaired) electrons. The summed E-state index contributed by atoms with van der Waals surface area (Å²) in [5.41, 5.74) is 2.29. The number of ketones is 1. The molecule has 0 N–H and O–H groups in total. The first-order valence-corrected chi connectivity index (χ1v) is 9.40. The molecular weight excluding hydrogens is 360 g/mol. The summed E-state index contributed by atoms with van der Waals surface area (Å²) in [6, 6.07) is 5.23. The van der Waals surface area contributed by atoms with Gasteiger partial charge < -0.3 is 9.53 Å². The van der Waals surface area contributed by atoms with E-state index >= 15 is 0 Å². The van der Waals surface area contributed by atoms with Gasteiger partial charge in [0.25, 0.3) is 0 Å². The lowest BCUT2D eigenvalue weighted by molar-refractivity contribution is -0.136. The van der Waals surface area contributed by atoms with Crippen molar-refractivity contribution in [1.82, 2.24) is 0 Å². The first kappa shape index (κ1) is 22.9. The molecule has 0 spiro atoms. The predicted octanol–water partition coefficient (Wildman–Crippen LogP) is 6.57. The molecule has 4 heteroatoms. The van der Waals surface area contributed by atoms with Gasteiger partial charge in [0.2, 0.25) is 0 Å². The van der Waals surface area contributed by atoms with Crippen LogP contribution in [0.15, 0.2) is 48.6 Å². The number of carbonyl (C=O) groups is 2. The number of hydrogen-bond acceptors (Lipinski definition) is 3. The van der Waals surface area contributed by atoms with Gasteiger partial charge in [0.15, 0.2) is 0 Å². The van der Waals surface area contributed by atoms with E-state index in [2.05, 4.69) is 6.58 Å². The molecule has 0 aromatic heterocycles. The summed E-state index contributed by atoms with van der Waals surface area (Å²) < 4.78 is 5.59. The van der Waals surface area contributed by atoms with Crippen LogP contribution in [0.5, 0.6) is 5.75 Å². The Hall–Kier alpha value is -2.13. The molecule has 27 heavy (non-hydrogen) atoms. The Kier molecular flexibility index (Phi) is 8.71. The topological polar surface area (TPSA) is 43.4 Å². The third-order valence-corrected chi connectivity index (χ3v) is 4.12. The normalized spacial score (nSPS) is 12.7. The maximum atomic E-state index is 12.3. The average molecular weight is 389 g/mol. The molecule has 0 fully saturated rings. The summed E-state index contributed by atoms with van der Waals surface area (Å²) in [5, 5.41) is 0.483. The van der Waals surface area contributed by atoms with Crippen LogP contribution in [-0.4, -0.2) is 11.8 Å². The summed E-state index contributed by atoms with van der Waals surface area (Å²) >= 11 is 6.39. The van der Waals surface area contributed by atoms with Crippen LogP contribution in [0, 0.1) is 5.41 Å². The van der Waals surface area contributed by atoms with Gasteiger partial charge in [-0.2, -0.15) is 0 Å². The molecular formula is C23H29ClO3. The number of ether oxygens (including phenoxy) is 1. The van der Waals surface area contributed by atoms with Crippen molar-refractivity contribution in [3.8, 4) is 5.75 Å². The monoisotopic (exact) mass is 388 g/mol. The second-order valence-electron chi connectivity index (χ2n) is 7.87. The highest BCUT2D eigenvalue weighted by atomic mass is 35.5. The van der Waals surface area contributed by atoms with Gasteiger partial charge in [0.1, 0.15) is 11.5 Å². The van der Waals surface area contributed by atoms with Crippen LogP contribution >= 0.6 is 11.6 Å². The molecule has 0 heterocycles. The summed E-state index contributed by atoms with van der Waals surface area (Å²) in [6.07, 6.45) is 7.01. The van der Waals surface area contributed by atoms with Gasteiger partial charge in [0.05, 0.1) is 11.4 Å². The van der Waals surface area contributed by atoms with Crippen molar-refractivity contribution in [2.45, 2.75) is 53.9 Å². The van der Waals surface area contributed by atoms with Gasteiger partial charge in [-0.1, -0.05) is 68.8 Å². The maximum absolute atomic E-state index is 12.3. The number of carbonyl (C=O) groups excluding carboxylic acids is 2. The quantitative estimate of drug-likeness (QED) is 0.287. The minimum absolute atomic E-state index is 0.162. The number of halogens is 1. The molecule has 0 bridgehead atoms. The minimum Gasteiger partial charge on any atom is -0.426 e. The zero-order valence-electron chi connectivity index (χ0n) is 16.9. The minimum atomic E-state index is -0.303. The highest BCUT2D eigenvalue weighted by molar-refractivity contribution is 6.32. The number of allylic oxidation sites excluding steroid dienone is 5. The van der Waals surface area contributed by atoms with Crippen LogP contribution in [0.1, 0.15) is 59.4 Å². The number of Topliss-reactive ketones (excluding diaryl/α,β-unsaturated/α-hetero) is 1. The van der Waals surface area contributed by atoms with Crippen molar-refractivity contribution < 1.29 is 14.3 Å². The Balaban J connectivity index is 3.16. The lowest BCUT2D eigenvalue weighted by atomic mass is 9.92. The fraction of sp³-hybridized carbons (Fsp3) is 0.391. The number of esters is 1. The Morgan fingerprint density at radius 1 is 1.15 bits per heavy atom. The second-order valence-corrected chi connectivity index (χ2v) is 8.27. The van der Waals surface area contributed by atoms with Crippen molar-refractivity contribution in [2.75, 3.05) is 0 Å². The summed E-state index contributed by atoms with van der Waals surface area (Å²) in [6.45, 7) is 13.4. The van der Waals surface area contributed by atoms with Gasteiger partial charge in [0, 0.05) is 12.0 Å². The average Bonchev–Trinajstić information content (AvgIpc) is 2.53. The van der Waals surface area contributed by atoms with E-state index in [1.807, 2.05) is 39.8 Å². The highest BCUT2D eigenvalue weighted by Gasteiger charge is 2.20. The molecule has 0 aliphatic rings. The van der Waals surface area contributed by atoms with Crippen LogP contribution in [-0.2, 0) is 9.59 Å². The van der Waals surface area contributed by atoms with E-state index in [-0.39, 0.29) is 17.2 Å². The summed E-state index contributed by atoms with van der Waals surface area (Å²) in [7, 11) is 0. The van der Waals surface area contributed by atoms with Crippen LogP contribution in [0.4, 0.5) is 0 Å². The van der Waals surface area contributed by atoms with E-state index in [0.717, 1.165) is 11.1 Å². The lowest BCUT2D eigenvalue weighted by Crippen LogP contribution is -2.18. The predicted molar refractivity (Wildman–Crippen MR) is 113 cm³/mol. The van der Waals surface area contributed by atoms with Crippen LogP contribution in [0.2, 0.25) is 5.02 Å².